The van der Waals surface area contributed by atoms with Crippen molar-refractivity contribution >= 4 is 23.5 Å². The minimum absolute atomic E-state index is 0.103. The fourth-order valence-electron chi connectivity index (χ4n) is 4.40. The van der Waals surface area contributed by atoms with E-state index in [0.29, 0.717) is 34.2 Å². The van der Waals surface area contributed by atoms with Gasteiger partial charge in [0, 0.05) is 11.4 Å². The second-order valence-corrected chi connectivity index (χ2v) is 9.55. The molecule has 3 aromatic rings. The maximum Gasteiger partial charge on any atom is 0.340 e. The zero-order valence-electron chi connectivity index (χ0n) is 20.3. The summed E-state index contributed by atoms with van der Waals surface area (Å²) in [4.78, 5) is 30.8. The van der Waals surface area contributed by atoms with Crippen LogP contribution in [-0.2, 0) is 11.3 Å². The second-order valence-electron chi connectivity index (χ2n) is 8.60. The molecule has 1 N–H and O–H groups in total. The first kappa shape index (κ1) is 25.1. The van der Waals surface area contributed by atoms with Gasteiger partial charge in [0.15, 0.2) is 16.8 Å². The van der Waals surface area contributed by atoms with Gasteiger partial charge in [-0.1, -0.05) is 18.2 Å². The van der Waals surface area contributed by atoms with Gasteiger partial charge >= 0.3 is 5.97 Å². The third-order valence-electron chi connectivity index (χ3n) is 6.13. The molecule has 0 bridgehead atoms. The predicted octanol–water partition coefficient (Wildman–Crippen LogP) is 4.49. The number of Topliss-reactive ketones (excluding diaryl/α,β-unsaturated/α-hetero) is 1. The van der Waals surface area contributed by atoms with Gasteiger partial charge in [-0.05, 0) is 76.5 Å². The van der Waals surface area contributed by atoms with E-state index >= 15 is 0 Å². The molecule has 0 amide bonds. The molecule has 8 nitrogen and oxygen atoms in total. The number of halogens is 1. The molecule has 186 valence electrons. The SMILES string of the molecule is CCOC(=O)c1c(C)[nH]c(C(=O)CSc2nnc(CN3CCCCC3)n2-c2ccc(F)cc2)c1C. The number of thioether (sulfide) groups is 1. The van der Waals surface area contributed by atoms with E-state index in [4.69, 9.17) is 4.74 Å². The summed E-state index contributed by atoms with van der Waals surface area (Å²) >= 11 is 1.27. The first-order chi connectivity index (χ1) is 16.9. The fraction of sp³-hybridized carbons (Fsp3) is 0.440. The summed E-state index contributed by atoms with van der Waals surface area (Å²) in [5, 5.41) is 9.34. The summed E-state index contributed by atoms with van der Waals surface area (Å²) in [6.07, 6.45) is 3.55. The van der Waals surface area contributed by atoms with E-state index < -0.39 is 5.97 Å². The lowest BCUT2D eigenvalue weighted by Crippen LogP contribution is -2.30. The predicted molar refractivity (Wildman–Crippen MR) is 132 cm³/mol. The molecule has 1 aliphatic heterocycles. The van der Waals surface area contributed by atoms with Gasteiger partial charge in [0.1, 0.15) is 5.82 Å². The summed E-state index contributed by atoms with van der Waals surface area (Å²) < 4.78 is 20.6. The van der Waals surface area contributed by atoms with Crippen LogP contribution < -0.4 is 0 Å². The smallest absolute Gasteiger partial charge is 0.340 e. The number of nitrogens with one attached hydrogen (secondary N) is 1. The highest BCUT2D eigenvalue weighted by Gasteiger charge is 2.24. The maximum atomic E-state index is 13.6. The van der Waals surface area contributed by atoms with Crippen LogP contribution in [0.15, 0.2) is 29.4 Å². The number of hydrogen-bond donors (Lipinski definition) is 1. The summed E-state index contributed by atoms with van der Waals surface area (Å²) in [6.45, 7) is 8.15. The molecule has 0 saturated carbocycles. The van der Waals surface area contributed by atoms with Gasteiger partial charge in [-0.2, -0.15) is 0 Å². The number of nitrogens with zero attached hydrogens (tertiary/aromatic N) is 4. The molecule has 0 spiro atoms. The molecule has 0 aliphatic carbocycles. The van der Waals surface area contributed by atoms with Gasteiger partial charge in [0.25, 0.3) is 0 Å². The number of likely N-dealkylation sites (tertiary alicyclic amines) is 1. The van der Waals surface area contributed by atoms with E-state index in [0.717, 1.165) is 37.4 Å². The Kier molecular flexibility index (Phi) is 8.02. The molecule has 0 radical (unpaired) electrons. The fourth-order valence-corrected chi connectivity index (χ4v) is 5.25. The summed E-state index contributed by atoms with van der Waals surface area (Å²) in [5.74, 6) is -0.0588. The zero-order chi connectivity index (χ0) is 24.9. The van der Waals surface area contributed by atoms with Crippen LogP contribution in [0.1, 0.15) is 64.1 Å². The van der Waals surface area contributed by atoms with Gasteiger partial charge in [-0.3, -0.25) is 14.3 Å². The number of ketones is 1. The van der Waals surface area contributed by atoms with Crippen LogP contribution in [0.3, 0.4) is 0 Å². The van der Waals surface area contributed by atoms with Gasteiger partial charge in [0.2, 0.25) is 0 Å². The number of carbonyl (C=O) groups is 2. The lowest BCUT2D eigenvalue weighted by atomic mass is 10.1. The van der Waals surface area contributed by atoms with Crippen molar-refractivity contribution < 1.29 is 18.7 Å². The molecular weight excluding hydrogens is 469 g/mol. The standard InChI is InChI=1S/C25H30FN5O3S/c1-4-34-24(33)22-16(2)23(27-17(22)3)20(32)15-35-25-29-28-21(14-30-12-6-5-7-13-30)31(25)19-10-8-18(26)9-11-19/h8-11,27H,4-7,12-15H2,1-3H3. The summed E-state index contributed by atoms with van der Waals surface area (Å²) in [7, 11) is 0. The molecule has 35 heavy (non-hydrogen) atoms. The number of piperidine rings is 1. The van der Waals surface area contributed by atoms with E-state index in [-0.39, 0.29) is 24.0 Å². The largest absolute Gasteiger partial charge is 0.462 e. The zero-order valence-corrected chi connectivity index (χ0v) is 21.1. The third kappa shape index (κ3) is 5.65. The monoisotopic (exact) mass is 499 g/mol. The van der Waals surface area contributed by atoms with Crippen molar-refractivity contribution in [2.24, 2.45) is 0 Å². The van der Waals surface area contributed by atoms with Crippen molar-refractivity contribution in [2.75, 3.05) is 25.4 Å². The Hall–Kier alpha value is -2.98. The molecule has 1 saturated heterocycles. The molecule has 4 rings (SSSR count). The molecule has 3 heterocycles. The van der Waals surface area contributed by atoms with Crippen LogP contribution in [0.25, 0.3) is 5.69 Å². The number of aromatic amines is 1. The topological polar surface area (TPSA) is 93.1 Å². The Bertz CT molecular complexity index is 1200. The molecule has 0 unspecified atom stereocenters. The van der Waals surface area contributed by atoms with Crippen LogP contribution in [0.2, 0.25) is 0 Å². The third-order valence-corrected chi connectivity index (χ3v) is 7.06. The van der Waals surface area contributed by atoms with Crippen molar-refractivity contribution in [1.82, 2.24) is 24.6 Å². The van der Waals surface area contributed by atoms with Crippen molar-refractivity contribution in [2.45, 2.75) is 51.7 Å². The lowest BCUT2D eigenvalue weighted by molar-refractivity contribution is 0.0525. The number of H-pyrrole nitrogens is 1. The summed E-state index contributed by atoms with van der Waals surface area (Å²) in [5.41, 5.74) is 2.72. The van der Waals surface area contributed by atoms with Crippen molar-refractivity contribution in [3.8, 4) is 5.69 Å². The number of aromatic nitrogens is 4. The van der Waals surface area contributed by atoms with E-state index in [1.165, 1.54) is 30.3 Å². The average molecular weight is 500 g/mol. The Balaban J connectivity index is 1.56. The molecule has 1 fully saturated rings. The molecular formula is C25H30FN5O3S. The molecule has 0 atom stereocenters. The average Bonchev–Trinajstić information content (AvgIpc) is 3.38. The van der Waals surface area contributed by atoms with Gasteiger partial charge in [0.05, 0.1) is 30.2 Å². The molecule has 1 aromatic carbocycles. The second kappa shape index (κ2) is 11.2. The van der Waals surface area contributed by atoms with E-state index in [1.54, 1.807) is 32.9 Å². The van der Waals surface area contributed by atoms with Crippen LogP contribution in [-0.4, -0.2) is 61.9 Å². The number of ether oxygens (including phenoxy) is 1. The Morgan fingerprint density at radius 2 is 1.83 bits per heavy atom. The van der Waals surface area contributed by atoms with Crippen LogP contribution in [0, 0.1) is 19.7 Å². The Morgan fingerprint density at radius 1 is 1.11 bits per heavy atom. The van der Waals surface area contributed by atoms with Crippen LogP contribution >= 0.6 is 11.8 Å². The number of rotatable bonds is 9. The molecule has 1 aliphatic rings. The summed E-state index contributed by atoms with van der Waals surface area (Å²) in [6, 6.07) is 6.19. The number of carbonyl (C=O) groups excluding carboxylic acids is 2. The number of hydrogen-bond acceptors (Lipinski definition) is 7. The van der Waals surface area contributed by atoms with Crippen LogP contribution in [0.5, 0.6) is 0 Å². The maximum absolute atomic E-state index is 13.6. The first-order valence-electron chi connectivity index (χ1n) is 11.8. The van der Waals surface area contributed by atoms with Crippen molar-refractivity contribution in [3.05, 3.63) is 58.4 Å². The Labute approximate surface area is 208 Å². The molecule has 10 heteroatoms. The highest BCUT2D eigenvalue weighted by molar-refractivity contribution is 7.99. The quantitative estimate of drug-likeness (QED) is 0.263. The van der Waals surface area contributed by atoms with Gasteiger partial charge < -0.3 is 9.72 Å². The van der Waals surface area contributed by atoms with Crippen LogP contribution in [0.4, 0.5) is 4.39 Å². The number of esters is 1. The Morgan fingerprint density at radius 3 is 2.51 bits per heavy atom. The molecule has 2 aromatic heterocycles. The van der Waals surface area contributed by atoms with Crippen molar-refractivity contribution in [3.63, 3.8) is 0 Å². The number of benzene rings is 1. The highest BCUT2D eigenvalue weighted by atomic mass is 32.2. The highest BCUT2D eigenvalue weighted by Crippen LogP contribution is 2.26. The van der Waals surface area contributed by atoms with Crippen molar-refractivity contribution in [1.29, 1.82) is 0 Å². The lowest BCUT2D eigenvalue weighted by Gasteiger charge is -2.26. The first-order valence-corrected chi connectivity index (χ1v) is 12.8. The van der Waals surface area contributed by atoms with E-state index in [1.807, 2.05) is 4.57 Å². The van der Waals surface area contributed by atoms with Gasteiger partial charge in [-0.25, -0.2) is 9.18 Å². The minimum atomic E-state index is -0.441. The number of aryl methyl sites for hydroxylation is 1. The van der Waals surface area contributed by atoms with E-state index in [9.17, 15) is 14.0 Å². The van der Waals surface area contributed by atoms with Gasteiger partial charge in [-0.15, -0.1) is 10.2 Å². The minimum Gasteiger partial charge on any atom is -0.462 e. The van der Waals surface area contributed by atoms with E-state index in [2.05, 4.69) is 20.1 Å². The normalized spacial score (nSPS) is 14.3.